The lowest BCUT2D eigenvalue weighted by atomic mass is 10.1. The van der Waals surface area contributed by atoms with Crippen molar-refractivity contribution >= 4 is 33.6 Å². The molecule has 30 heavy (non-hydrogen) atoms. The molecule has 0 spiro atoms. The summed E-state index contributed by atoms with van der Waals surface area (Å²) < 4.78 is 55.6. The van der Waals surface area contributed by atoms with Crippen LogP contribution in [-0.4, -0.2) is 22.5 Å². The first-order chi connectivity index (χ1) is 14.2. The lowest BCUT2D eigenvalue weighted by Crippen LogP contribution is -2.20. The first kappa shape index (κ1) is 21.5. The Labute approximate surface area is 175 Å². The minimum absolute atomic E-state index is 0.00900. The van der Waals surface area contributed by atoms with Crippen LogP contribution in [0.15, 0.2) is 51.7 Å². The summed E-state index contributed by atoms with van der Waals surface area (Å²) in [7, 11) is 0. The maximum Gasteiger partial charge on any atom is 0.573 e. The van der Waals surface area contributed by atoms with E-state index in [0.717, 1.165) is 12.3 Å². The lowest BCUT2D eigenvalue weighted by molar-refractivity contribution is -0.274. The van der Waals surface area contributed by atoms with Crippen LogP contribution in [0.4, 0.5) is 29.1 Å². The Morgan fingerprint density at radius 2 is 1.97 bits per heavy atom. The van der Waals surface area contributed by atoms with E-state index in [2.05, 4.69) is 36.0 Å². The average Bonchev–Trinajstić information content (AvgIpc) is 2.64. The molecule has 0 bridgehead atoms. The number of rotatable bonds is 6. The van der Waals surface area contributed by atoms with Crippen LogP contribution in [0.3, 0.4) is 0 Å². The van der Waals surface area contributed by atoms with Crippen molar-refractivity contribution in [2.24, 2.45) is 0 Å². The number of ether oxygens (including phenoxy) is 1. The van der Waals surface area contributed by atoms with Crippen molar-refractivity contribution < 1.29 is 22.3 Å². The van der Waals surface area contributed by atoms with Crippen molar-refractivity contribution in [2.45, 2.75) is 12.8 Å². The number of nitrogens with one attached hydrogen (secondary N) is 3. The number of hydrogen-bond acceptors (Lipinski definition) is 5. The van der Waals surface area contributed by atoms with E-state index in [-0.39, 0.29) is 29.2 Å². The number of alkyl halides is 3. The molecule has 2 aromatic carbocycles. The summed E-state index contributed by atoms with van der Waals surface area (Å²) in [6, 6.07) is 9.27. The van der Waals surface area contributed by atoms with Gasteiger partial charge in [0.25, 0.3) is 5.56 Å². The zero-order chi connectivity index (χ0) is 21.9. The highest BCUT2D eigenvalue weighted by atomic mass is 79.9. The molecule has 0 aliphatic rings. The molecule has 0 aliphatic carbocycles. The van der Waals surface area contributed by atoms with Gasteiger partial charge in [-0.15, -0.1) is 13.2 Å². The predicted octanol–water partition coefficient (Wildman–Crippen LogP) is 4.90. The molecule has 3 rings (SSSR count). The first-order valence-electron chi connectivity index (χ1n) is 8.35. The third-order valence-corrected chi connectivity index (χ3v) is 4.55. The van der Waals surface area contributed by atoms with Gasteiger partial charge >= 0.3 is 6.36 Å². The number of para-hydroxylation sites is 1. The van der Waals surface area contributed by atoms with Crippen LogP contribution >= 0.6 is 15.9 Å². The molecule has 0 saturated carbocycles. The Bertz CT molecular complexity index is 1150. The molecule has 0 saturated heterocycles. The van der Waals surface area contributed by atoms with E-state index in [9.17, 15) is 22.4 Å². The van der Waals surface area contributed by atoms with Gasteiger partial charge in [0.1, 0.15) is 23.2 Å². The highest BCUT2D eigenvalue weighted by molar-refractivity contribution is 9.10. The average molecular weight is 485 g/mol. The summed E-state index contributed by atoms with van der Waals surface area (Å²) in [6.07, 6.45) is -4.25. The van der Waals surface area contributed by atoms with E-state index in [1.54, 1.807) is 0 Å². The predicted molar refractivity (Wildman–Crippen MR) is 106 cm³/mol. The molecule has 6 nitrogen and oxygen atoms in total. The molecule has 0 amide bonds. The van der Waals surface area contributed by atoms with Crippen LogP contribution in [-0.2, 0) is 6.42 Å². The Balaban J connectivity index is 1.98. The van der Waals surface area contributed by atoms with Crippen molar-refractivity contribution in [3.05, 3.63) is 80.1 Å². The molecule has 3 aromatic rings. The first-order valence-corrected chi connectivity index (χ1v) is 9.15. The van der Waals surface area contributed by atoms with Crippen LogP contribution in [0, 0.1) is 11.2 Å². The maximum atomic E-state index is 13.3. The zero-order valence-corrected chi connectivity index (χ0v) is 16.6. The fourth-order valence-corrected chi connectivity index (χ4v) is 3.06. The monoisotopic (exact) mass is 484 g/mol. The van der Waals surface area contributed by atoms with E-state index >= 15 is 0 Å². The van der Waals surface area contributed by atoms with E-state index in [1.165, 1.54) is 36.4 Å². The molecular weight excluding hydrogens is 472 g/mol. The molecule has 156 valence electrons. The number of anilines is 2. The number of hydrogen-bond donors (Lipinski definition) is 3. The minimum Gasteiger partial charge on any atom is -0.405 e. The van der Waals surface area contributed by atoms with Crippen LogP contribution in [0.5, 0.6) is 5.75 Å². The smallest absolute Gasteiger partial charge is 0.405 e. The summed E-state index contributed by atoms with van der Waals surface area (Å²) >= 11 is 3.18. The van der Waals surface area contributed by atoms with Crippen LogP contribution in [0.2, 0.25) is 0 Å². The van der Waals surface area contributed by atoms with Crippen molar-refractivity contribution in [1.29, 1.82) is 5.41 Å². The Kier molecular flexibility index (Phi) is 6.20. The molecule has 1 aromatic heterocycles. The van der Waals surface area contributed by atoms with E-state index in [1.807, 2.05) is 0 Å². The summed E-state index contributed by atoms with van der Waals surface area (Å²) in [5, 5.41) is 10.3. The highest BCUT2D eigenvalue weighted by Gasteiger charge is 2.32. The second-order valence-electron chi connectivity index (χ2n) is 6.00. The Hall–Kier alpha value is -3.21. The van der Waals surface area contributed by atoms with Crippen molar-refractivity contribution in [1.82, 2.24) is 9.97 Å². The van der Waals surface area contributed by atoms with Crippen LogP contribution < -0.4 is 15.6 Å². The number of benzene rings is 2. The van der Waals surface area contributed by atoms with Gasteiger partial charge in [-0.1, -0.05) is 18.2 Å². The third kappa shape index (κ3) is 5.23. The highest BCUT2D eigenvalue weighted by Crippen LogP contribution is 2.29. The van der Waals surface area contributed by atoms with Gasteiger partial charge < -0.3 is 20.4 Å². The molecule has 0 unspecified atom stereocenters. The standard InChI is InChI=1S/C19H13BrF4N4O2/c20-13-8-11(21)5-6-14(13)26-17-12(9-25)18(29)28-16(27-17)7-10-3-1-2-4-15(10)30-19(22,23)24/h1-6,8-9,25H,7H2,(H2,26,27,28,29). The number of aromatic nitrogens is 2. The number of aromatic amines is 1. The van der Waals surface area contributed by atoms with Gasteiger partial charge in [0.15, 0.2) is 0 Å². The van der Waals surface area contributed by atoms with Gasteiger partial charge in [-0.25, -0.2) is 9.37 Å². The zero-order valence-electron chi connectivity index (χ0n) is 15.0. The lowest BCUT2D eigenvalue weighted by Gasteiger charge is -2.14. The molecule has 3 N–H and O–H groups in total. The third-order valence-electron chi connectivity index (χ3n) is 3.89. The summed E-state index contributed by atoms with van der Waals surface area (Å²) in [5.41, 5.74) is -0.237. The van der Waals surface area contributed by atoms with E-state index in [0.29, 0.717) is 10.2 Å². The van der Waals surface area contributed by atoms with Crippen molar-refractivity contribution in [3.8, 4) is 5.75 Å². The van der Waals surface area contributed by atoms with Gasteiger partial charge in [-0.05, 0) is 40.2 Å². The summed E-state index contributed by atoms with van der Waals surface area (Å²) in [4.78, 5) is 19.0. The number of nitrogens with zero attached hydrogens (tertiary/aromatic N) is 1. The van der Waals surface area contributed by atoms with Gasteiger partial charge in [0.2, 0.25) is 0 Å². The van der Waals surface area contributed by atoms with Crippen LogP contribution in [0.25, 0.3) is 0 Å². The van der Waals surface area contributed by atoms with Gasteiger partial charge in [0, 0.05) is 22.7 Å². The molecular formula is C19H13BrF4N4O2. The van der Waals surface area contributed by atoms with Crippen LogP contribution in [0.1, 0.15) is 17.0 Å². The maximum absolute atomic E-state index is 13.3. The SMILES string of the molecule is N=Cc1c(Nc2ccc(F)cc2Br)nc(Cc2ccccc2OC(F)(F)F)[nH]c1=O. The van der Waals surface area contributed by atoms with E-state index < -0.39 is 23.5 Å². The molecule has 0 fully saturated rings. The second kappa shape index (κ2) is 8.66. The second-order valence-corrected chi connectivity index (χ2v) is 6.86. The van der Waals surface area contributed by atoms with E-state index in [4.69, 9.17) is 5.41 Å². The normalized spacial score (nSPS) is 11.2. The molecule has 1 heterocycles. The molecule has 0 radical (unpaired) electrons. The van der Waals surface area contributed by atoms with Gasteiger partial charge in [0.05, 0.1) is 11.3 Å². The Morgan fingerprint density at radius 1 is 1.23 bits per heavy atom. The van der Waals surface area contributed by atoms with Gasteiger partial charge in [-0.3, -0.25) is 4.79 Å². The Morgan fingerprint density at radius 3 is 2.63 bits per heavy atom. The quantitative estimate of drug-likeness (QED) is 0.342. The topological polar surface area (TPSA) is 90.9 Å². The van der Waals surface area contributed by atoms with Crippen molar-refractivity contribution in [2.75, 3.05) is 5.32 Å². The van der Waals surface area contributed by atoms with Gasteiger partial charge in [-0.2, -0.15) is 0 Å². The number of halogens is 5. The summed E-state index contributed by atoms with van der Waals surface area (Å²) in [5.74, 6) is -0.866. The summed E-state index contributed by atoms with van der Waals surface area (Å²) in [6.45, 7) is 0. The van der Waals surface area contributed by atoms with Crippen molar-refractivity contribution in [3.63, 3.8) is 0 Å². The molecule has 0 aliphatic heterocycles. The molecule has 11 heteroatoms. The largest absolute Gasteiger partial charge is 0.573 e. The fourth-order valence-electron chi connectivity index (χ4n) is 2.61. The fraction of sp³-hybridized carbons (Fsp3) is 0.105. The minimum atomic E-state index is -4.87. The molecule has 0 atom stereocenters. The number of H-pyrrole nitrogens is 1.